The number of aliphatic hydroxyl groups is 3. The minimum atomic E-state index is -4.85. The largest absolute Gasteiger partial charge is 0.393 e. The molecule has 0 spiro atoms. The van der Waals surface area contributed by atoms with Crippen molar-refractivity contribution in [1.82, 2.24) is 9.97 Å². The molecule has 1 aliphatic carbocycles. The van der Waals surface area contributed by atoms with E-state index in [0.29, 0.717) is 11.4 Å². The van der Waals surface area contributed by atoms with Gasteiger partial charge in [0.05, 0.1) is 13.2 Å². The average molecular weight is 538 g/mol. The molecule has 1 saturated heterocycles. The quantitative estimate of drug-likeness (QED) is 0.107. The first-order valence-corrected chi connectivity index (χ1v) is 13.3. The molecule has 1 aliphatic heterocycles. The lowest BCUT2D eigenvalue weighted by atomic mass is 9.95. The molecule has 6 N–H and O–H groups in total. The molecule has 2 fully saturated rings. The molecule has 15 heteroatoms. The Hall–Kier alpha value is -1.41. The molecule has 0 amide bonds. The van der Waals surface area contributed by atoms with Crippen LogP contribution in [-0.2, 0) is 14.0 Å². The minimum absolute atomic E-state index is 0.0640. The molecule has 5 atom stereocenters. The van der Waals surface area contributed by atoms with E-state index in [0.717, 1.165) is 37.6 Å². The Morgan fingerprint density at radius 1 is 1.29 bits per heavy atom. The van der Waals surface area contributed by atoms with E-state index < -0.39 is 50.7 Å². The summed E-state index contributed by atoms with van der Waals surface area (Å²) >= 11 is 6.18. The third-order valence-corrected chi connectivity index (χ3v) is 8.13. The van der Waals surface area contributed by atoms with E-state index in [1.54, 1.807) is 6.92 Å². The molecule has 1 aromatic rings. The van der Waals surface area contributed by atoms with Crippen LogP contribution in [0.3, 0.4) is 0 Å². The van der Waals surface area contributed by atoms with E-state index in [1.807, 2.05) is 0 Å². The molecule has 13 nitrogen and oxygen atoms in total. The van der Waals surface area contributed by atoms with Gasteiger partial charge in [0.1, 0.15) is 24.1 Å². The van der Waals surface area contributed by atoms with Gasteiger partial charge in [0, 0.05) is 18.3 Å². The highest BCUT2D eigenvalue weighted by Crippen LogP contribution is 2.51. The summed E-state index contributed by atoms with van der Waals surface area (Å²) in [6.45, 7) is 4.81. The first-order chi connectivity index (χ1) is 16.4. The van der Waals surface area contributed by atoms with E-state index in [1.165, 1.54) is 6.42 Å². The Kier molecular flexibility index (Phi) is 9.11. The van der Waals surface area contributed by atoms with Gasteiger partial charge in [-0.2, -0.15) is 10.1 Å². The van der Waals surface area contributed by atoms with E-state index in [-0.39, 0.29) is 17.1 Å². The average Bonchev–Trinajstić information content (AvgIpc) is 3.09. The normalized spacial score (nSPS) is 27.4. The summed E-state index contributed by atoms with van der Waals surface area (Å²) in [4.78, 5) is 27.4. The second-order valence-electron chi connectivity index (χ2n) is 8.99. The highest BCUT2D eigenvalue weighted by molar-refractivity contribution is 7.53. The van der Waals surface area contributed by atoms with Gasteiger partial charge < -0.3 is 39.9 Å². The second kappa shape index (κ2) is 11.3. The number of hydrogen-bond donors (Lipinski definition) is 6. The van der Waals surface area contributed by atoms with Gasteiger partial charge in [-0.3, -0.25) is 4.57 Å². The summed E-state index contributed by atoms with van der Waals surface area (Å²) < 4.78 is 22.6. The number of rotatable bonds is 10. The van der Waals surface area contributed by atoms with Crippen LogP contribution in [0, 0.1) is 6.92 Å². The molecule has 0 aromatic carbocycles. The summed E-state index contributed by atoms with van der Waals surface area (Å²) in [5.41, 5.74) is 0.576. The fourth-order valence-electron chi connectivity index (χ4n) is 4.10. The van der Waals surface area contributed by atoms with Crippen molar-refractivity contribution in [3.05, 3.63) is 10.8 Å². The smallest absolute Gasteiger partial charge is 0.359 e. The van der Waals surface area contributed by atoms with Crippen LogP contribution in [0.2, 0.25) is 5.28 Å². The Bertz CT molecular complexity index is 948. The SMILES string of the molecule is C=NN(c1nc(Cl)nc(NC2CCCCC2)c1C)[C@@H]1O[C@H](CO[C@](C)(CO)P(=O)(O)O)[C@@H](O)[C@H]1O. The summed E-state index contributed by atoms with van der Waals surface area (Å²) in [6, 6.07) is 0.234. The van der Waals surface area contributed by atoms with Crippen LogP contribution in [0.4, 0.5) is 11.6 Å². The monoisotopic (exact) mass is 537 g/mol. The van der Waals surface area contributed by atoms with Crippen LogP contribution in [0.15, 0.2) is 5.10 Å². The Morgan fingerprint density at radius 2 is 1.94 bits per heavy atom. The Labute approximate surface area is 208 Å². The van der Waals surface area contributed by atoms with Gasteiger partial charge in [-0.05, 0) is 38.3 Å². The lowest BCUT2D eigenvalue weighted by Crippen LogP contribution is -2.42. The van der Waals surface area contributed by atoms with E-state index in [4.69, 9.17) is 21.1 Å². The molecular weight excluding hydrogens is 505 g/mol. The van der Waals surface area contributed by atoms with Gasteiger partial charge in [-0.25, -0.2) is 9.99 Å². The van der Waals surface area contributed by atoms with Crippen LogP contribution in [0.5, 0.6) is 0 Å². The zero-order chi connectivity index (χ0) is 26.0. The van der Waals surface area contributed by atoms with Crippen molar-refractivity contribution in [2.24, 2.45) is 5.10 Å². The predicted octanol–water partition coefficient (Wildman–Crippen LogP) is 0.955. The lowest BCUT2D eigenvalue weighted by molar-refractivity contribution is -0.0927. The minimum Gasteiger partial charge on any atom is -0.393 e. The predicted molar refractivity (Wildman–Crippen MR) is 128 cm³/mol. The molecule has 1 aromatic heterocycles. The number of aromatic nitrogens is 2. The first kappa shape index (κ1) is 28.2. The number of nitrogens with zero attached hydrogens (tertiary/aromatic N) is 4. The van der Waals surface area contributed by atoms with Crippen molar-refractivity contribution in [3.63, 3.8) is 0 Å². The number of hydrazone groups is 1. The van der Waals surface area contributed by atoms with Crippen LogP contribution in [-0.4, -0.2) is 90.9 Å². The van der Waals surface area contributed by atoms with Crippen molar-refractivity contribution < 1.29 is 39.1 Å². The summed E-state index contributed by atoms with van der Waals surface area (Å²) in [5, 5.41) is 36.8. The van der Waals surface area contributed by atoms with Gasteiger partial charge in [0.2, 0.25) is 5.28 Å². The zero-order valence-electron chi connectivity index (χ0n) is 19.6. The number of aliphatic hydroxyl groups excluding tert-OH is 3. The number of hydrogen-bond acceptors (Lipinski definition) is 11. The van der Waals surface area contributed by atoms with Gasteiger partial charge in [0.25, 0.3) is 0 Å². The van der Waals surface area contributed by atoms with Gasteiger partial charge >= 0.3 is 7.60 Å². The molecule has 0 radical (unpaired) electrons. The van der Waals surface area contributed by atoms with E-state index >= 15 is 0 Å². The maximum atomic E-state index is 11.7. The molecule has 0 unspecified atom stereocenters. The summed E-state index contributed by atoms with van der Waals surface area (Å²) in [7, 11) is -4.85. The van der Waals surface area contributed by atoms with Crippen molar-refractivity contribution in [2.75, 3.05) is 23.5 Å². The molecule has 0 bridgehead atoms. The second-order valence-corrected chi connectivity index (χ2v) is 11.4. The third kappa shape index (κ3) is 6.12. The van der Waals surface area contributed by atoms with Crippen LogP contribution < -0.4 is 10.3 Å². The maximum Gasteiger partial charge on any atom is 0.359 e. The Balaban J connectivity index is 1.80. The van der Waals surface area contributed by atoms with Crippen molar-refractivity contribution in [3.8, 4) is 0 Å². The molecule has 3 rings (SSSR count). The highest BCUT2D eigenvalue weighted by Gasteiger charge is 2.49. The van der Waals surface area contributed by atoms with Crippen molar-refractivity contribution >= 4 is 37.5 Å². The molecule has 2 heterocycles. The zero-order valence-corrected chi connectivity index (χ0v) is 21.3. The maximum absolute atomic E-state index is 11.7. The molecule has 35 heavy (non-hydrogen) atoms. The summed E-state index contributed by atoms with van der Waals surface area (Å²) in [6.07, 6.45) is -0.0511. The van der Waals surface area contributed by atoms with E-state index in [2.05, 4.69) is 27.1 Å². The van der Waals surface area contributed by atoms with Gasteiger partial charge in [-0.15, -0.1) is 0 Å². The van der Waals surface area contributed by atoms with Crippen molar-refractivity contribution in [1.29, 1.82) is 0 Å². The molecular formula is C20H33ClN5O8P. The molecule has 198 valence electrons. The van der Waals surface area contributed by atoms with Gasteiger partial charge in [-0.1, -0.05) is 19.3 Å². The van der Waals surface area contributed by atoms with Crippen molar-refractivity contribution in [2.45, 2.75) is 81.9 Å². The van der Waals surface area contributed by atoms with Crippen LogP contribution in [0.1, 0.15) is 44.6 Å². The summed E-state index contributed by atoms with van der Waals surface area (Å²) in [5.74, 6) is 0.709. The van der Waals surface area contributed by atoms with Gasteiger partial charge in [0.15, 0.2) is 17.4 Å². The van der Waals surface area contributed by atoms with Crippen LogP contribution in [0.25, 0.3) is 0 Å². The lowest BCUT2D eigenvalue weighted by Gasteiger charge is -2.30. The van der Waals surface area contributed by atoms with Crippen LogP contribution >= 0.6 is 19.2 Å². The first-order valence-electron chi connectivity index (χ1n) is 11.3. The fourth-order valence-corrected chi connectivity index (χ4v) is 4.69. The van der Waals surface area contributed by atoms with E-state index in [9.17, 15) is 29.7 Å². The number of ether oxygens (including phenoxy) is 2. The standard InChI is InChI=1S/C20H33ClN5O8P/c1-11-16(23-12-7-5-4-6-8-12)24-19(21)25-17(11)26(22-3)18-15(29)14(28)13(34-18)9-33-20(2,10-27)35(30,31)32/h12-15,18,27-29H,3-10H2,1-2H3,(H,23,24,25)(H2,30,31,32)/t13-,14-,15-,18-,20+/m1/s1. The molecule has 1 saturated carbocycles. The topological polar surface area (TPSA) is 190 Å². The number of halogens is 1. The highest BCUT2D eigenvalue weighted by atomic mass is 35.5. The number of anilines is 2. The third-order valence-electron chi connectivity index (χ3n) is 6.45. The number of nitrogens with one attached hydrogen (secondary N) is 1. The fraction of sp³-hybridized carbons (Fsp3) is 0.750. The Morgan fingerprint density at radius 3 is 2.51 bits per heavy atom. The molecule has 2 aliphatic rings.